The Bertz CT molecular complexity index is 396. The fourth-order valence-corrected chi connectivity index (χ4v) is 1.21. The zero-order valence-electron chi connectivity index (χ0n) is 7.58. The average molecular weight is 217 g/mol. The summed E-state index contributed by atoms with van der Waals surface area (Å²) in [5.41, 5.74) is 9.08. The van der Waals surface area contributed by atoms with E-state index in [2.05, 4.69) is 4.98 Å². The number of aromatic nitrogens is 1. The molecule has 0 spiro atoms. The first-order valence-electron chi connectivity index (χ1n) is 3.97. The molecule has 0 amide bonds. The van der Waals surface area contributed by atoms with Crippen molar-refractivity contribution in [2.75, 3.05) is 5.73 Å². The quantitative estimate of drug-likeness (QED) is 0.693. The fraction of sp³-hybridized carbons (Fsp3) is 0.250. The smallest absolute Gasteiger partial charge is 0.355 e. The van der Waals surface area contributed by atoms with Crippen LogP contribution in [-0.4, -0.2) is 16.1 Å². The predicted molar refractivity (Wildman–Crippen MR) is 48.5 cm³/mol. The number of pyridine rings is 1. The van der Waals surface area contributed by atoms with Gasteiger partial charge in [-0.05, 0) is 0 Å². The number of halogens is 2. The van der Waals surface area contributed by atoms with E-state index in [0.717, 1.165) is 6.20 Å². The number of carbonyl (C=O) groups is 1. The summed E-state index contributed by atoms with van der Waals surface area (Å²) in [6.45, 7) is -0.256. The third-order valence-corrected chi connectivity index (χ3v) is 1.89. The summed E-state index contributed by atoms with van der Waals surface area (Å²) in [5, 5.41) is 8.65. The first-order valence-corrected chi connectivity index (χ1v) is 3.97. The molecule has 1 heterocycles. The maximum atomic E-state index is 12.6. The molecule has 5 nitrogen and oxygen atoms in total. The highest BCUT2D eigenvalue weighted by Gasteiger charge is 2.24. The number of aromatic carboxylic acids is 1. The van der Waals surface area contributed by atoms with Gasteiger partial charge in [-0.25, -0.2) is 18.6 Å². The lowest BCUT2D eigenvalue weighted by Gasteiger charge is -2.11. The topological polar surface area (TPSA) is 102 Å². The highest BCUT2D eigenvalue weighted by molar-refractivity contribution is 5.88. The van der Waals surface area contributed by atoms with E-state index < -0.39 is 23.7 Å². The molecule has 0 aliphatic carbocycles. The second-order valence-electron chi connectivity index (χ2n) is 2.76. The highest BCUT2D eigenvalue weighted by Crippen LogP contribution is 2.28. The SMILES string of the molecule is NCc1c(N)cnc(C(=O)O)c1C(F)F. The Labute approximate surface area is 83.7 Å². The monoisotopic (exact) mass is 217 g/mol. The van der Waals surface area contributed by atoms with E-state index in [1.54, 1.807) is 0 Å². The third kappa shape index (κ3) is 2.01. The van der Waals surface area contributed by atoms with E-state index in [0.29, 0.717) is 0 Å². The number of carboxylic acid groups (broad SMARTS) is 1. The second kappa shape index (κ2) is 4.18. The molecule has 82 valence electrons. The number of nitrogens with zero attached hydrogens (tertiary/aromatic N) is 1. The molecular weight excluding hydrogens is 208 g/mol. The van der Waals surface area contributed by atoms with Crippen LogP contribution in [0.15, 0.2) is 6.20 Å². The summed E-state index contributed by atoms with van der Waals surface area (Å²) in [5.74, 6) is -1.53. The molecule has 0 aliphatic rings. The molecule has 0 aliphatic heterocycles. The molecule has 7 heteroatoms. The van der Waals surface area contributed by atoms with Gasteiger partial charge in [-0.1, -0.05) is 0 Å². The molecule has 1 aromatic heterocycles. The van der Waals surface area contributed by atoms with Gasteiger partial charge < -0.3 is 16.6 Å². The summed E-state index contributed by atoms with van der Waals surface area (Å²) >= 11 is 0. The van der Waals surface area contributed by atoms with Crippen LogP contribution >= 0.6 is 0 Å². The van der Waals surface area contributed by atoms with Crippen LogP contribution in [0.2, 0.25) is 0 Å². The van der Waals surface area contributed by atoms with Crippen LogP contribution in [0.3, 0.4) is 0 Å². The van der Waals surface area contributed by atoms with Crippen molar-refractivity contribution in [3.63, 3.8) is 0 Å². The zero-order chi connectivity index (χ0) is 11.6. The van der Waals surface area contributed by atoms with E-state index >= 15 is 0 Å². The van der Waals surface area contributed by atoms with E-state index in [-0.39, 0.29) is 17.8 Å². The van der Waals surface area contributed by atoms with Gasteiger partial charge in [-0.15, -0.1) is 0 Å². The van der Waals surface area contributed by atoms with Crippen molar-refractivity contribution in [2.45, 2.75) is 13.0 Å². The van der Waals surface area contributed by atoms with Crippen LogP contribution in [0.25, 0.3) is 0 Å². The van der Waals surface area contributed by atoms with Crippen molar-refractivity contribution < 1.29 is 18.7 Å². The lowest BCUT2D eigenvalue weighted by Crippen LogP contribution is -2.14. The number of rotatable bonds is 3. The van der Waals surface area contributed by atoms with E-state index in [1.807, 2.05) is 0 Å². The van der Waals surface area contributed by atoms with Crippen LogP contribution in [0.1, 0.15) is 28.0 Å². The van der Waals surface area contributed by atoms with Crippen molar-refractivity contribution in [2.24, 2.45) is 5.73 Å². The molecule has 0 saturated heterocycles. The number of hydrogen-bond acceptors (Lipinski definition) is 4. The predicted octanol–water partition coefficient (Wildman–Crippen LogP) is 0.758. The van der Waals surface area contributed by atoms with Crippen molar-refractivity contribution >= 4 is 11.7 Å². The molecule has 0 saturated carbocycles. The molecule has 1 rings (SSSR count). The van der Waals surface area contributed by atoms with Crippen molar-refractivity contribution in [1.82, 2.24) is 4.98 Å². The lowest BCUT2D eigenvalue weighted by atomic mass is 10.1. The Hall–Kier alpha value is -1.76. The van der Waals surface area contributed by atoms with Gasteiger partial charge in [0, 0.05) is 12.1 Å². The van der Waals surface area contributed by atoms with Crippen LogP contribution in [0.4, 0.5) is 14.5 Å². The van der Waals surface area contributed by atoms with Crippen LogP contribution < -0.4 is 11.5 Å². The number of nitrogens with two attached hydrogens (primary N) is 2. The minimum absolute atomic E-state index is 0.0298. The maximum absolute atomic E-state index is 12.6. The molecule has 5 N–H and O–H groups in total. The van der Waals surface area contributed by atoms with E-state index in [1.165, 1.54) is 0 Å². The van der Waals surface area contributed by atoms with Gasteiger partial charge in [0.2, 0.25) is 0 Å². The van der Waals surface area contributed by atoms with Crippen LogP contribution in [0, 0.1) is 0 Å². The molecule has 0 radical (unpaired) electrons. The van der Waals surface area contributed by atoms with Gasteiger partial charge in [0.05, 0.1) is 17.4 Å². The molecule has 0 atom stereocenters. The summed E-state index contributed by atoms with van der Waals surface area (Å²) in [6.07, 6.45) is -1.96. The molecule has 0 unspecified atom stereocenters. The Balaban J connectivity index is 3.49. The highest BCUT2D eigenvalue weighted by atomic mass is 19.3. The maximum Gasteiger partial charge on any atom is 0.355 e. The molecular formula is C8H9F2N3O2. The Morgan fingerprint density at radius 2 is 2.20 bits per heavy atom. The Kier molecular flexibility index (Phi) is 3.15. The van der Waals surface area contributed by atoms with Crippen LogP contribution in [0.5, 0.6) is 0 Å². The van der Waals surface area contributed by atoms with Gasteiger partial charge in [0.1, 0.15) is 0 Å². The number of hydrogen-bond donors (Lipinski definition) is 3. The third-order valence-electron chi connectivity index (χ3n) is 1.89. The van der Waals surface area contributed by atoms with Gasteiger partial charge in [-0.3, -0.25) is 0 Å². The van der Waals surface area contributed by atoms with Gasteiger partial charge in [0.25, 0.3) is 6.43 Å². The number of nitrogen functional groups attached to an aromatic ring is 1. The summed E-state index contributed by atoms with van der Waals surface area (Å²) in [7, 11) is 0. The van der Waals surface area contributed by atoms with Crippen LogP contribution in [-0.2, 0) is 6.54 Å². The second-order valence-corrected chi connectivity index (χ2v) is 2.76. The van der Waals surface area contributed by atoms with Crippen molar-refractivity contribution in [1.29, 1.82) is 0 Å². The zero-order valence-corrected chi connectivity index (χ0v) is 7.58. The largest absolute Gasteiger partial charge is 0.476 e. The molecule has 0 fully saturated rings. The standard InChI is InChI=1S/C8H9F2N3O2/c9-7(10)5-3(1-11)4(12)2-13-6(5)8(14)15/h2,7H,1,11-12H2,(H,14,15). The first-order chi connectivity index (χ1) is 6.99. The minimum atomic E-state index is -2.97. The minimum Gasteiger partial charge on any atom is -0.476 e. The molecule has 1 aromatic rings. The number of alkyl halides is 2. The Morgan fingerprint density at radius 1 is 1.60 bits per heavy atom. The van der Waals surface area contributed by atoms with Gasteiger partial charge in [-0.2, -0.15) is 0 Å². The molecule has 0 aromatic carbocycles. The summed E-state index contributed by atoms with van der Waals surface area (Å²) in [4.78, 5) is 14.0. The van der Waals surface area contributed by atoms with Gasteiger partial charge in [0.15, 0.2) is 5.69 Å². The van der Waals surface area contributed by atoms with Gasteiger partial charge >= 0.3 is 5.97 Å². The van der Waals surface area contributed by atoms with Crippen molar-refractivity contribution in [3.8, 4) is 0 Å². The average Bonchev–Trinajstić information content (AvgIpc) is 2.16. The van der Waals surface area contributed by atoms with E-state index in [9.17, 15) is 13.6 Å². The lowest BCUT2D eigenvalue weighted by molar-refractivity contribution is 0.0676. The fourth-order valence-electron chi connectivity index (χ4n) is 1.21. The van der Waals surface area contributed by atoms with E-state index in [4.69, 9.17) is 16.6 Å². The molecule has 0 bridgehead atoms. The Morgan fingerprint density at radius 3 is 2.60 bits per heavy atom. The summed E-state index contributed by atoms with van der Waals surface area (Å²) in [6, 6.07) is 0. The first kappa shape index (κ1) is 11.3. The number of carboxylic acids is 1. The normalized spacial score (nSPS) is 10.7. The summed E-state index contributed by atoms with van der Waals surface area (Å²) < 4.78 is 25.2. The number of anilines is 1. The van der Waals surface area contributed by atoms with Crippen molar-refractivity contribution in [3.05, 3.63) is 23.0 Å². The molecule has 15 heavy (non-hydrogen) atoms.